The van der Waals surface area contributed by atoms with Gasteiger partial charge >= 0.3 is 0 Å². The molecule has 4 nitrogen and oxygen atoms in total. The quantitative estimate of drug-likeness (QED) is 0.842. The molecule has 2 aliphatic rings. The molecule has 2 aromatic carbocycles. The number of nitrogens with two attached hydrogens (primary N) is 1. The molecule has 2 aliphatic heterocycles. The summed E-state index contributed by atoms with van der Waals surface area (Å²) in [5, 5.41) is 13.5. The molecule has 0 amide bonds. The number of benzene rings is 2. The van der Waals surface area contributed by atoms with Crippen LogP contribution in [0.2, 0.25) is 5.02 Å². The van der Waals surface area contributed by atoms with E-state index in [1.165, 1.54) is 5.56 Å². The van der Waals surface area contributed by atoms with Crippen LogP contribution in [-0.2, 0) is 6.42 Å². The van der Waals surface area contributed by atoms with E-state index in [9.17, 15) is 5.26 Å². The van der Waals surface area contributed by atoms with Gasteiger partial charge in [-0.1, -0.05) is 23.7 Å². The highest BCUT2D eigenvalue weighted by Crippen LogP contribution is 2.45. The Kier molecular flexibility index (Phi) is 3.17. The predicted molar refractivity (Wildman–Crippen MR) is 89.4 cm³/mol. The van der Waals surface area contributed by atoms with E-state index in [-0.39, 0.29) is 11.8 Å². The molecule has 0 saturated heterocycles. The molecule has 0 saturated carbocycles. The maximum Gasteiger partial charge on any atom is 0.205 e. The number of nitrogens with one attached hydrogen (secondary N) is 1. The highest BCUT2D eigenvalue weighted by molar-refractivity contribution is 6.30. The minimum Gasteiger partial charge on any atom is -0.440 e. The molecule has 0 aromatic heterocycles. The Labute approximate surface area is 139 Å². The molecule has 114 valence electrons. The second-order valence-electron chi connectivity index (χ2n) is 5.70. The second kappa shape index (κ2) is 5.22. The van der Waals surface area contributed by atoms with E-state index < -0.39 is 0 Å². The zero-order valence-electron chi connectivity index (χ0n) is 12.3. The zero-order chi connectivity index (χ0) is 16.0. The van der Waals surface area contributed by atoms with Crippen LogP contribution in [0.25, 0.3) is 0 Å². The van der Waals surface area contributed by atoms with Crippen molar-refractivity contribution in [1.29, 1.82) is 5.26 Å². The van der Waals surface area contributed by atoms with Gasteiger partial charge in [0.2, 0.25) is 5.88 Å². The van der Waals surface area contributed by atoms with E-state index in [0.717, 1.165) is 29.8 Å². The summed E-state index contributed by atoms with van der Waals surface area (Å²) in [5.74, 6) is 0.593. The summed E-state index contributed by atoms with van der Waals surface area (Å²) < 4.78 is 5.70. The number of hydrogen-bond acceptors (Lipinski definition) is 4. The lowest BCUT2D eigenvalue weighted by Crippen LogP contribution is -2.21. The summed E-state index contributed by atoms with van der Waals surface area (Å²) in [6.07, 6.45) is 0.964. The molecular weight excluding hydrogens is 310 g/mol. The van der Waals surface area contributed by atoms with Crippen LogP contribution < -0.4 is 15.8 Å². The number of nitrogens with zero attached hydrogens (tertiary/aromatic N) is 1. The van der Waals surface area contributed by atoms with Crippen LogP contribution in [0.1, 0.15) is 22.6 Å². The highest BCUT2D eigenvalue weighted by atomic mass is 35.5. The lowest BCUT2D eigenvalue weighted by molar-refractivity contribution is 0.394. The first-order valence-electron chi connectivity index (χ1n) is 7.41. The van der Waals surface area contributed by atoms with Crippen LogP contribution >= 0.6 is 11.6 Å². The lowest BCUT2D eigenvalue weighted by Gasteiger charge is -2.27. The number of nitriles is 1. The van der Waals surface area contributed by atoms with Gasteiger partial charge in [-0.2, -0.15) is 5.26 Å². The Morgan fingerprint density at radius 1 is 1.30 bits per heavy atom. The van der Waals surface area contributed by atoms with Gasteiger partial charge in [-0.15, -0.1) is 0 Å². The van der Waals surface area contributed by atoms with Gasteiger partial charge in [0, 0.05) is 28.9 Å². The smallest absolute Gasteiger partial charge is 0.205 e. The maximum atomic E-state index is 9.57. The number of halogens is 1. The molecule has 0 aliphatic carbocycles. The van der Waals surface area contributed by atoms with Crippen LogP contribution in [0.4, 0.5) is 5.69 Å². The van der Waals surface area contributed by atoms with Crippen molar-refractivity contribution in [2.45, 2.75) is 12.3 Å². The topological polar surface area (TPSA) is 71.1 Å². The molecule has 1 unspecified atom stereocenters. The fourth-order valence-corrected chi connectivity index (χ4v) is 3.48. The summed E-state index contributed by atoms with van der Waals surface area (Å²) in [4.78, 5) is 0. The first-order chi connectivity index (χ1) is 11.2. The summed E-state index contributed by atoms with van der Waals surface area (Å²) >= 11 is 6.14. The van der Waals surface area contributed by atoms with Crippen LogP contribution in [-0.4, -0.2) is 6.54 Å². The third-order valence-corrected chi connectivity index (χ3v) is 4.57. The zero-order valence-corrected chi connectivity index (χ0v) is 13.0. The van der Waals surface area contributed by atoms with E-state index >= 15 is 0 Å². The number of anilines is 1. The Morgan fingerprint density at radius 3 is 2.96 bits per heavy atom. The molecular formula is C18H14ClN3O. The van der Waals surface area contributed by atoms with Gasteiger partial charge in [0.25, 0.3) is 0 Å². The van der Waals surface area contributed by atoms with Crippen molar-refractivity contribution in [2.75, 3.05) is 11.9 Å². The number of fused-ring (bicyclic) bond motifs is 2. The molecule has 5 heteroatoms. The molecule has 1 atom stereocenters. The van der Waals surface area contributed by atoms with Crippen molar-refractivity contribution in [1.82, 2.24) is 0 Å². The average molecular weight is 324 g/mol. The number of hydrogen-bond donors (Lipinski definition) is 2. The van der Waals surface area contributed by atoms with Crippen molar-refractivity contribution in [3.8, 4) is 11.8 Å². The lowest BCUT2D eigenvalue weighted by atomic mass is 9.82. The fourth-order valence-electron chi connectivity index (χ4n) is 3.28. The third kappa shape index (κ3) is 2.21. The van der Waals surface area contributed by atoms with Crippen LogP contribution in [0.15, 0.2) is 47.9 Å². The number of allylic oxidation sites excluding steroid dienone is 1. The van der Waals surface area contributed by atoms with Crippen molar-refractivity contribution in [3.63, 3.8) is 0 Å². The predicted octanol–water partition coefficient (Wildman–Crippen LogP) is 3.53. The Morgan fingerprint density at radius 2 is 2.17 bits per heavy atom. The van der Waals surface area contributed by atoms with E-state index in [1.807, 2.05) is 30.3 Å². The number of rotatable bonds is 1. The van der Waals surface area contributed by atoms with Crippen LogP contribution in [0.5, 0.6) is 5.75 Å². The van der Waals surface area contributed by atoms with Crippen LogP contribution in [0.3, 0.4) is 0 Å². The standard InChI is InChI=1S/C18H14ClN3O/c19-12-3-1-2-11(6-12)17-13-7-10-4-5-22-15(10)8-16(13)23-18(21)14(17)9-20/h1-3,6-8,17,22H,4-5,21H2. The van der Waals surface area contributed by atoms with E-state index in [0.29, 0.717) is 16.3 Å². The van der Waals surface area contributed by atoms with Gasteiger partial charge in [-0.3, -0.25) is 0 Å². The van der Waals surface area contributed by atoms with Crippen LogP contribution in [0, 0.1) is 11.3 Å². The third-order valence-electron chi connectivity index (χ3n) is 4.33. The van der Waals surface area contributed by atoms with Gasteiger partial charge in [-0.25, -0.2) is 0 Å². The monoisotopic (exact) mass is 323 g/mol. The first-order valence-corrected chi connectivity index (χ1v) is 7.79. The molecule has 23 heavy (non-hydrogen) atoms. The Bertz CT molecular complexity index is 882. The van der Waals surface area contributed by atoms with Crippen molar-refractivity contribution in [2.24, 2.45) is 5.73 Å². The fraction of sp³-hybridized carbons (Fsp3) is 0.167. The summed E-state index contributed by atoms with van der Waals surface area (Å²) in [7, 11) is 0. The summed E-state index contributed by atoms with van der Waals surface area (Å²) in [6, 6.07) is 13.8. The minimum atomic E-state index is -0.256. The first kappa shape index (κ1) is 14.0. The Hall–Kier alpha value is -2.64. The van der Waals surface area contributed by atoms with Gasteiger partial charge in [0.05, 0.1) is 5.92 Å². The molecule has 0 bridgehead atoms. The van der Waals surface area contributed by atoms with E-state index in [4.69, 9.17) is 22.1 Å². The van der Waals surface area contributed by atoms with Gasteiger partial charge in [0.1, 0.15) is 17.4 Å². The molecule has 3 N–H and O–H groups in total. The molecule has 4 rings (SSSR count). The van der Waals surface area contributed by atoms with Gasteiger partial charge in [0.15, 0.2) is 0 Å². The SMILES string of the molecule is N#CC1=C(N)Oc2cc3c(cc2C1c1cccc(Cl)c1)CCN3. The molecule has 0 radical (unpaired) electrons. The van der Waals surface area contributed by atoms with Crippen molar-refractivity contribution >= 4 is 17.3 Å². The largest absolute Gasteiger partial charge is 0.440 e. The second-order valence-corrected chi connectivity index (χ2v) is 6.14. The highest BCUT2D eigenvalue weighted by Gasteiger charge is 2.32. The Balaban J connectivity index is 1.94. The number of ether oxygens (including phenoxy) is 1. The summed E-state index contributed by atoms with van der Waals surface area (Å²) in [5.41, 5.74) is 10.6. The molecule has 0 spiro atoms. The normalized spacial score (nSPS) is 18.5. The molecule has 0 fully saturated rings. The van der Waals surface area contributed by atoms with E-state index in [1.54, 1.807) is 0 Å². The van der Waals surface area contributed by atoms with Crippen molar-refractivity contribution in [3.05, 3.63) is 69.6 Å². The average Bonchev–Trinajstić information content (AvgIpc) is 2.98. The minimum absolute atomic E-state index is 0.155. The van der Waals surface area contributed by atoms with E-state index in [2.05, 4.69) is 17.5 Å². The molecule has 2 aromatic rings. The van der Waals surface area contributed by atoms with Crippen molar-refractivity contribution < 1.29 is 4.74 Å². The summed E-state index contributed by atoms with van der Waals surface area (Å²) in [6.45, 7) is 0.911. The van der Waals surface area contributed by atoms with Gasteiger partial charge < -0.3 is 15.8 Å². The maximum absolute atomic E-state index is 9.57. The van der Waals surface area contributed by atoms with Gasteiger partial charge in [-0.05, 0) is 35.7 Å². The molecule has 2 heterocycles.